The minimum atomic E-state index is -3.66. The van der Waals surface area contributed by atoms with Gasteiger partial charge in [-0.15, -0.1) is 0 Å². The number of hydrogen-bond donors (Lipinski definition) is 2. The van der Waals surface area contributed by atoms with E-state index < -0.39 is 10.0 Å². The first-order valence-corrected chi connectivity index (χ1v) is 11.9. The van der Waals surface area contributed by atoms with Gasteiger partial charge in [-0.1, -0.05) is 65.7 Å². The monoisotopic (exact) mass is 476 g/mol. The number of nitrogens with one attached hydrogen (secondary N) is 2. The van der Waals surface area contributed by atoms with Gasteiger partial charge in [0.15, 0.2) is 0 Å². The Labute approximate surface area is 192 Å². The predicted octanol–water partition coefficient (Wildman–Crippen LogP) is 5.60. The molecular formula is C23H22Cl2N2O3S. The molecule has 8 heteroatoms. The molecule has 162 valence electrons. The minimum Gasteiger partial charge on any atom is -0.326 e. The van der Waals surface area contributed by atoms with Crippen LogP contribution in [0.15, 0.2) is 77.7 Å². The summed E-state index contributed by atoms with van der Waals surface area (Å²) >= 11 is 11.8. The Balaban J connectivity index is 1.56. The van der Waals surface area contributed by atoms with E-state index in [-0.39, 0.29) is 23.3 Å². The summed E-state index contributed by atoms with van der Waals surface area (Å²) in [6, 6.07) is 20.4. The van der Waals surface area contributed by atoms with E-state index in [4.69, 9.17) is 23.2 Å². The Bertz CT molecular complexity index is 1150. The lowest BCUT2D eigenvalue weighted by Gasteiger charge is -2.15. The molecule has 0 bridgehead atoms. The fraction of sp³-hybridized carbons (Fsp3) is 0.174. The third-order valence-electron chi connectivity index (χ3n) is 4.71. The van der Waals surface area contributed by atoms with Crippen molar-refractivity contribution in [3.63, 3.8) is 0 Å². The zero-order chi connectivity index (χ0) is 22.4. The molecule has 0 aliphatic carbocycles. The highest BCUT2D eigenvalue weighted by molar-refractivity contribution is 7.89. The van der Waals surface area contributed by atoms with Gasteiger partial charge in [0.2, 0.25) is 15.9 Å². The zero-order valence-electron chi connectivity index (χ0n) is 16.8. The lowest BCUT2D eigenvalue weighted by molar-refractivity contribution is -0.116. The van der Waals surface area contributed by atoms with Crippen molar-refractivity contribution in [2.24, 2.45) is 0 Å². The summed E-state index contributed by atoms with van der Waals surface area (Å²) < 4.78 is 28.0. The molecule has 3 aromatic carbocycles. The number of amides is 1. The Morgan fingerprint density at radius 2 is 1.61 bits per heavy atom. The predicted molar refractivity (Wildman–Crippen MR) is 125 cm³/mol. The molecule has 0 heterocycles. The largest absolute Gasteiger partial charge is 0.326 e. The quantitative estimate of drug-likeness (QED) is 0.443. The first-order valence-electron chi connectivity index (χ1n) is 9.66. The number of rotatable bonds is 8. The van der Waals surface area contributed by atoms with Gasteiger partial charge >= 0.3 is 0 Å². The van der Waals surface area contributed by atoms with E-state index in [1.807, 2.05) is 30.3 Å². The third-order valence-corrected chi connectivity index (χ3v) is 7.00. The van der Waals surface area contributed by atoms with Crippen molar-refractivity contribution in [2.45, 2.75) is 30.7 Å². The smallest absolute Gasteiger partial charge is 0.241 e. The molecule has 0 aliphatic heterocycles. The molecule has 0 fully saturated rings. The second-order valence-corrected chi connectivity index (χ2v) is 9.60. The second kappa shape index (κ2) is 10.3. The van der Waals surface area contributed by atoms with Crippen LogP contribution in [0.3, 0.4) is 0 Å². The summed E-state index contributed by atoms with van der Waals surface area (Å²) in [4.78, 5) is 12.4. The van der Waals surface area contributed by atoms with E-state index in [2.05, 4.69) is 10.0 Å². The topological polar surface area (TPSA) is 75.3 Å². The van der Waals surface area contributed by atoms with Crippen LogP contribution in [0.4, 0.5) is 5.69 Å². The maximum atomic E-state index is 12.7. The summed E-state index contributed by atoms with van der Waals surface area (Å²) in [5.41, 5.74) is 2.31. The van der Waals surface area contributed by atoms with Crippen molar-refractivity contribution in [1.29, 1.82) is 0 Å². The van der Waals surface area contributed by atoms with Crippen molar-refractivity contribution in [1.82, 2.24) is 4.72 Å². The average molecular weight is 477 g/mol. The maximum absolute atomic E-state index is 12.7. The number of halogens is 2. The number of hydrogen-bond acceptors (Lipinski definition) is 3. The molecule has 3 rings (SSSR count). The normalized spacial score (nSPS) is 12.4. The fourth-order valence-corrected chi connectivity index (χ4v) is 4.53. The Kier molecular flexibility index (Phi) is 7.73. The number of benzene rings is 3. The Hall–Kier alpha value is -2.38. The fourth-order valence-electron chi connectivity index (χ4n) is 3.00. The zero-order valence-corrected chi connectivity index (χ0v) is 19.1. The van der Waals surface area contributed by atoms with Gasteiger partial charge in [-0.3, -0.25) is 4.79 Å². The molecule has 3 aromatic rings. The SMILES string of the molecule is C[C@@H](NS(=O)(=O)c1ccc(CCC(=O)Nc2ccc(Cl)c(Cl)c2)cc1)c1ccccc1. The lowest BCUT2D eigenvalue weighted by Crippen LogP contribution is -2.26. The van der Waals surface area contributed by atoms with Crippen molar-refractivity contribution < 1.29 is 13.2 Å². The van der Waals surface area contributed by atoms with E-state index >= 15 is 0 Å². The number of anilines is 1. The molecule has 0 saturated heterocycles. The molecule has 1 atom stereocenters. The van der Waals surface area contributed by atoms with Crippen molar-refractivity contribution in [2.75, 3.05) is 5.32 Å². The third kappa shape index (κ3) is 6.55. The molecule has 0 spiro atoms. The van der Waals surface area contributed by atoms with E-state index in [0.29, 0.717) is 22.2 Å². The van der Waals surface area contributed by atoms with Gasteiger partial charge < -0.3 is 5.32 Å². The van der Waals surface area contributed by atoms with Gasteiger partial charge in [0.05, 0.1) is 14.9 Å². The van der Waals surface area contributed by atoms with Crippen molar-refractivity contribution in [3.8, 4) is 0 Å². The van der Waals surface area contributed by atoms with Crippen molar-refractivity contribution in [3.05, 3.63) is 94.0 Å². The molecule has 0 radical (unpaired) electrons. The Morgan fingerprint density at radius 1 is 0.935 bits per heavy atom. The van der Waals surface area contributed by atoms with Crippen LogP contribution in [0.2, 0.25) is 10.0 Å². The van der Waals surface area contributed by atoms with E-state index in [0.717, 1.165) is 11.1 Å². The number of aryl methyl sites for hydroxylation is 1. The minimum absolute atomic E-state index is 0.173. The van der Waals surface area contributed by atoms with E-state index in [1.54, 1.807) is 49.4 Å². The molecule has 5 nitrogen and oxygen atoms in total. The van der Waals surface area contributed by atoms with Gasteiger partial charge in [-0.2, -0.15) is 0 Å². The van der Waals surface area contributed by atoms with E-state index in [1.165, 1.54) is 0 Å². The van der Waals surface area contributed by atoms with Crippen LogP contribution in [-0.4, -0.2) is 14.3 Å². The Morgan fingerprint density at radius 3 is 2.26 bits per heavy atom. The van der Waals surface area contributed by atoms with Crippen LogP contribution in [0.1, 0.15) is 30.5 Å². The highest BCUT2D eigenvalue weighted by atomic mass is 35.5. The number of carbonyl (C=O) groups excluding carboxylic acids is 1. The molecule has 2 N–H and O–H groups in total. The summed E-state index contributed by atoms with van der Waals surface area (Å²) in [6.07, 6.45) is 0.719. The molecule has 0 unspecified atom stereocenters. The summed E-state index contributed by atoms with van der Waals surface area (Å²) in [5, 5.41) is 3.55. The van der Waals surface area contributed by atoms with Crippen LogP contribution >= 0.6 is 23.2 Å². The van der Waals surface area contributed by atoms with Gasteiger partial charge in [-0.25, -0.2) is 13.1 Å². The van der Waals surface area contributed by atoms with Crippen molar-refractivity contribution >= 4 is 44.8 Å². The first-order chi connectivity index (χ1) is 14.7. The first kappa shape index (κ1) is 23.3. The van der Waals surface area contributed by atoms with Crippen LogP contribution in [0, 0.1) is 0 Å². The molecule has 0 aromatic heterocycles. The molecule has 0 aliphatic rings. The van der Waals surface area contributed by atoms with Crippen LogP contribution in [0.5, 0.6) is 0 Å². The highest BCUT2D eigenvalue weighted by Gasteiger charge is 2.18. The highest BCUT2D eigenvalue weighted by Crippen LogP contribution is 2.25. The molecule has 1 amide bonds. The summed E-state index contributed by atoms with van der Waals surface area (Å²) in [5.74, 6) is -0.173. The van der Waals surface area contributed by atoms with Gasteiger partial charge in [-0.05, 0) is 54.8 Å². The lowest BCUT2D eigenvalue weighted by atomic mass is 10.1. The number of sulfonamides is 1. The maximum Gasteiger partial charge on any atom is 0.241 e. The van der Waals surface area contributed by atoms with Crippen LogP contribution < -0.4 is 10.0 Å². The summed E-state index contributed by atoms with van der Waals surface area (Å²) in [7, 11) is -3.66. The van der Waals surface area contributed by atoms with E-state index in [9.17, 15) is 13.2 Å². The molecular weight excluding hydrogens is 455 g/mol. The summed E-state index contributed by atoms with van der Waals surface area (Å²) in [6.45, 7) is 1.80. The van der Waals surface area contributed by atoms with Gasteiger partial charge in [0.25, 0.3) is 0 Å². The van der Waals surface area contributed by atoms with Crippen LogP contribution in [0.25, 0.3) is 0 Å². The van der Waals surface area contributed by atoms with Gasteiger partial charge in [0.1, 0.15) is 0 Å². The standard InChI is InChI=1S/C23H22Cl2N2O3S/c1-16(18-5-3-2-4-6-18)27-31(29,30)20-11-7-17(8-12-20)9-14-23(28)26-19-10-13-21(24)22(25)15-19/h2-8,10-13,15-16,27H,9,14H2,1H3,(H,26,28)/t16-/m1/s1. The second-order valence-electron chi connectivity index (χ2n) is 7.07. The molecule has 0 saturated carbocycles. The number of carbonyl (C=O) groups is 1. The van der Waals surface area contributed by atoms with Crippen LogP contribution in [-0.2, 0) is 21.2 Å². The average Bonchev–Trinajstić information content (AvgIpc) is 2.75. The van der Waals surface area contributed by atoms with Gasteiger partial charge in [0, 0.05) is 18.2 Å². The molecule has 31 heavy (non-hydrogen) atoms.